The number of hydrogen-bond acceptors (Lipinski definition) is 3. The van der Waals surface area contributed by atoms with Crippen LogP contribution in [0.1, 0.15) is 25.7 Å². The topological polar surface area (TPSA) is 56.7 Å². The third-order valence-corrected chi connectivity index (χ3v) is 3.55. The molecule has 0 radical (unpaired) electrons. The van der Waals surface area contributed by atoms with Crippen LogP contribution >= 0.6 is 35.7 Å². The Morgan fingerprint density at radius 2 is 1.91 bits per heavy atom. The number of guanidine groups is 1. The van der Waals surface area contributed by atoms with Gasteiger partial charge < -0.3 is 15.5 Å². The van der Waals surface area contributed by atoms with Crippen molar-refractivity contribution in [3.8, 4) is 0 Å². The maximum absolute atomic E-state index is 11.5. The predicted octanol–water partition coefficient (Wildman–Crippen LogP) is 2.34. The zero-order chi connectivity index (χ0) is 15.9. The van der Waals surface area contributed by atoms with Crippen LogP contribution in [0.4, 0.5) is 0 Å². The van der Waals surface area contributed by atoms with E-state index in [0.717, 1.165) is 13.0 Å². The standard InChI is InChI=1S/C15H30N4OS.HI/c1-5-10-16-15(18-13-14(20)19(2)3)17-11-8-6-7-9-12-21-4;/h5H,1,6-13H2,2-4H3,(H2,16,17,18);1H. The summed E-state index contributed by atoms with van der Waals surface area (Å²) >= 11 is 1.90. The SMILES string of the molecule is C=CCNC(=NCC(=O)N(C)C)NCCCCCCSC.I. The molecule has 0 heterocycles. The number of likely N-dealkylation sites (N-methyl/N-ethyl adjacent to an activating group) is 1. The van der Waals surface area contributed by atoms with Crippen molar-refractivity contribution >= 4 is 47.6 Å². The van der Waals surface area contributed by atoms with E-state index in [-0.39, 0.29) is 36.4 Å². The molecule has 7 heteroatoms. The molecule has 0 aromatic heterocycles. The first-order chi connectivity index (χ1) is 10.1. The third kappa shape index (κ3) is 14.5. The van der Waals surface area contributed by atoms with Gasteiger partial charge in [0, 0.05) is 27.2 Å². The molecule has 0 aliphatic heterocycles. The minimum absolute atomic E-state index is 0. The molecule has 5 nitrogen and oxygen atoms in total. The summed E-state index contributed by atoms with van der Waals surface area (Å²) in [5.74, 6) is 1.91. The number of amides is 1. The van der Waals surface area contributed by atoms with Crippen LogP contribution in [0.15, 0.2) is 17.6 Å². The Kier molecular flexibility index (Phi) is 18.3. The average molecular weight is 442 g/mol. The Labute approximate surface area is 156 Å². The van der Waals surface area contributed by atoms with E-state index in [4.69, 9.17) is 0 Å². The lowest BCUT2D eigenvalue weighted by Crippen LogP contribution is -2.39. The van der Waals surface area contributed by atoms with Crippen LogP contribution in [0.3, 0.4) is 0 Å². The number of unbranched alkanes of at least 4 members (excludes halogenated alkanes) is 3. The number of nitrogens with zero attached hydrogens (tertiary/aromatic N) is 2. The zero-order valence-electron chi connectivity index (χ0n) is 14.1. The molecule has 0 aliphatic rings. The van der Waals surface area contributed by atoms with Gasteiger partial charge in [0.15, 0.2) is 5.96 Å². The van der Waals surface area contributed by atoms with E-state index in [9.17, 15) is 4.79 Å². The van der Waals surface area contributed by atoms with Crippen LogP contribution in [-0.2, 0) is 4.79 Å². The number of rotatable bonds is 11. The first-order valence-electron chi connectivity index (χ1n) is 7.44. The molecule has 22 heavy (non-hydrogen) atoms. The highest BCUT2D eigenvalue weighted by atomic mass is 127. The lowest BCUT2D eigenvalue weighted by atomic mass is 10.2. The highest BCUT2D eigenvalue weighted by molar-refractivity contribution is 14.0. The summed E-state index contributed by atoms with van der Waals surface area (Å²) in [6.07, 6.45) is 8.81. The van der Waals surface area contributed by atoms with Gasteiger partial charge in [-0.3, -0.25) is 4.79 Å². The maximum atomic E-state index is 11.5. The van der Waals surface area contributed by atoms with Gasteiger partial charge in [-0.15, -0.1) is 30.6 Å². The summed E-state index contributed by atoms with van der Waals surface area (Å²) in [6, 6.07) is 0. The van der Waals surface area contributed by atoms with Gasteiger partial charge in [-0.1, -0.05) is 18.9 Å². The summed E-state index contributed by atoms with van der Waals surface area (Å²) in [4.78, 5) is 17.4. The van der Waals surface area contributed by atoms with Gasteiger partial charge in [0.25, 0.3) is 0 Å². The molecule has 0 unspecified atom stereocenters. The predicted molar refractivity (Wildman–Crippen MR) is 109 cm³/mol. The summed E-state index contributed by atoms with van der Waals surface area (Å²) in [7, 11) is 3.47. The van der Waals surface area contributed by atoms with Crippen molar-refractivity contribution in [2.24, 2.45) is 4.99 Å². The van der Waals surface area contributed by atoms with Crippen LogP contribution in [0, 0.1) is 0 Å². The Bertz CT molecular complexity index is 325. The Balaban J connectivity index is 0. The molecule has 0 aliphatic carbocycles. The molecule has 0 aromatic rings. The Morgan fingerprint density at radius 1 is 1.23 bits per heavy atom. The largest absolute Gasteiger partial charge is 0.356 e. The van der Waals surface area contributed by atoms with Crippen LogP contribution in [0.25, 0.3) is 0 Å². The van der Waals surface area contributed by atoms with Crippen molar-refractivity contribution in [1.82, 2.24) is 15.5 Å². The second-order valence-electron chi connectivity index (χ2n) is 4.96. The first-order valence-corrected chi connectivity index (χ1v) is 8.83. The minimum atomic E-state index is -0.00762. The van der Waals surface area contributed by atoms with Crippen molar-refractivity contribution in [3.63, 3.8) is 0 Å². The van der Waals surface area contributed by atoms with Gasteiger partial charge in [0.05, 0.1) is 0 Å². The fraction of sp³-hybridized carbons (Fsp3) is 0.733. The number of nitrogens with one attached hydrogen (secondary N) is 2. The molecule has 0 saturated carbocycles. The summed E-state index contributed by atoms with van der Waals surface area (Å²) < 4.78 is 0. The molecule has 1 amide bonds. The number of halogens is 1. The highest BCUT2D eigenvalue weighted by Gasteiger charge is 2.03. The van der Waals surface area contributed by atoms with Gasteiger partial charge in [-0.2, -0.15) is 11.8 Å². The molecule has 0 atom stereocenters. The quantitative estimate of drug-likeness (QED) is 0.170. The van der Waals surface area contributed by atoms with Crippen LogP contribution < -0.4 is 10.6 Å². The van der Waals surface area contributed by atoms with E-state index in [2.05, 4.69) is 28.5 Å². The number of carbonyl (C=O) groups excluding carboxylic acids is 1. The van der Waals surface area contributed by atoms with Gasteiger partial charge in [0.2, 0.25) is 5.91 Å². The number of carbonyl (C=O) groups is 1. The van der Waals surface area contributed by atoms with Crippen molar-refractivity contribution in [2.75, 3.05) is 45.7 Å². The second-order valence-corrected chi connectivity index (χ2v) is 5.94. The molecule has 0 fully saturated rings. The molecular weight excluding hydrogens is 411 g/mol. The molecule has 0 rings (SSSR count). The van der Waals surface area contributed by atoms with Gasteiger partial charge in [-0.05, 0) is 24.9 Å². The van der Waals surface area contributed by atoms with Crippen LogP contribution in [0.2, 0.25) is 0 Å². The maximum Gasteiger partial charge on any atom is 0.243 e. The molecule has 0 saturated heterocycles. The van der Waals surface area contributed by atoms with E-state index in [0.29, 0.717) is 12.5 Å². The molecule has 2 N–H and O–H groups in total. The fourth-order valence-corrected chi connectivity index (χ4v) is 2.06. The van der Waals surface area contributed by atoms with Gasteiger partial charge in [-0.25, -0.2) is 4.99 Å². The minimum Gasteiger partial charge on any atom is -0.356 e. The van der Waals surface area contributed by atoms with Crippen molar-refractivity contribution < 1.29 is 4.79 Å². The van der Waals surface area contributed by atoms with Gasteiger partial charge >= 0.3 is 0 Å². The zero-order valence-corrected chi connectivity index (χ0v) is 17.2. The van der Waals surface area contributed by atoms with E-state index in [1.165, 1.54) is 25.0 Å². The lowest BCUT2D eigenvalue weighted by molar-refractivity contribution is -0.127. The van der Waals surface area contributed by atoms with Crippen molar-refractivity contribution in [3.05, 3.63) is 12.7 Å². The summed E-state index contributed by atoms with van der Waals surface area (Å²) in [6.45, 7) is 5.34. The van der Waals surface area contributed by atoms with E-state index < -0.39 is 0 Å². The number of aliphatic imine (C=N–C) groups is 1. The molecule has 130 valence electrons. The average Bonchev–Trinajstić information content (AvgIpc) is 2.47. The number of thioether (sulfide) groups is 1. The highest BCUT2D eigenvalue weighted by Crippen LogP contribution is 2.03. The monoisotopic (exact) mass is 442 g/mol. The fourth-order valence-electron chi connectivity index (χ4n) is 1.56. The summed E-state index contributed by atoms with van der Waals surface area (Å²) in [5, 5.41) is 6.38. The molecule has 0 aromatic carbocycles. The smallest absolute Gasteiger partial charge is 0.243 e. The van der Waals surface area contributed by atoms with E-state index >= 15 is 0 Å². The first kappa shape index (κ1) is 23.8. The van der Waals surface area contributed by atoms with E-state index in [1.807, 2.05) is 11.8 Å². The third-order valence-electron chi connectivity index (χ3n) is 2.85. The Hall–Kier alpha value is -0.440. The van der Waals surface area contributed by atoms with E-state index in [1.54, 1.807) is 25.1 Å². The van der Waals surface area contributed by atoms with Crippen LogP contribution in [-0.4, -0.2) is 62.5 Å². The lowest BCUT2D eigenvalue weighted by Gasteiger charge is -2.12. The number of hydrogen-bond donors (Lipinski definition) is 2. The van der Waals surface area contributed by atoms with Crippen molar-refractivity contribution in [2.45, 2.75) is 25.7 Å². The summed E-state index contributed by atoms with van der Waals surface area (Å²) in [5.41, 5.74) is 0. The van der Waals surface area contributed by atoms with Crippen molar-refractivity contribution in [1.29, 1.82) is 0 Å². The van der Waals surface area contributed by atoms with Crippen LogP contribution in [0.5, 0.6) is 0 Å². The molecular formula is C15H31IN4OS. The van der Waals surface area contributed by atoms with Gasteiger partial charge in [0.1, 0.15) is 6.54 Å². The normalized spacial score (nSPS) is 10.6. The second kappa shape index (κ2) is 16.9. The molecule has 0 spiro atoms. The Morgan fingerprint density at radius 3 is 2.50 bits per heavy atom. The molecule has 0 bridgehead atoms.